The number of aromatic nitrogens is 1. The Morgan fingerprint density at radius 3 is 2.78 bits per heavy atom. The van der Waals surface area contributed by atoms with Gasteiger partial charge in [0.1, 0.15) is 6.07 Å². The van der Waals surface area contributed by atoms with Gasteiger partial charge in [-0.05, 0) is 31.9 Å². The van der Waals surface area contributed by atoms with Crippen LogP contribution in [0.15, 0.2) is 18.3 Å². The van der Waals surface area contributed by atoms with Crippen molar-refractivity contribution in [3.8, 4) is 6.07 Å². The summed E-state index contributed by atoms with van der Waals surface area (Å²) in [6, 6.07) is 5.72. The zero-order valence-electron chi connectivity index (χ0n) is 10.3. The molecule has 1 aromatic heterocycles. The highest BCUT2D eigenvalue weighted by Gasteiger charge is 2.37. The number of hydrogen-bond donors (Lipinski definition) is 1. The standard InChI is InChI=1S/C13H15N3O2/c1-13(12(17)18)4-7-16(8-5-13)11-3-2-6-15-10(11)9-14/h2-3,6H,4-5,7-8H2,1H3,(H,17,18). The molecule has 0 aromatic carbocycles. The summed E-state index contributed by atoms with van der Waals surface area (Å²) in [5.41, 5.74) is 0.551. The van der Waals surface area contributed by atoms with E-state index < -0.39 is 11.4 Å². The van der Waals surface area contributed by atoms with Gasteiger partial charge in [0, 0.05) is 19.3 Å². The Bertz CT molecular complexity index is 499. The molecule has 0 aliphatic carbocycles. The summed E-state index contributed by atoms with van der Waals surface area (Å²) in [7, 11) is 0. The number of rotatable bonds is 2. The van der Waals surface area contributed by atoms with Gasteiger partial charge < -0.3 is 10.0 Å². The normalized spacial score (nSPS) is 18.1. The van der Waals surface area contributed by atoms with Crippen LogP contribution in [0.5, 0.6) is 0 Å². The number of hydrogen-bond acceptors (Lipinski definition) is 4. The predicted octanol–water partition coefficient (Wildman–Crippen LogP) is 1.64. The van der Waals surface area contributed by atoms with Crippen molar-refractivity contribution < 1.29 is 9.90 Å². The third-order valence-corrected chi connectivity index (χ3v) is 3.62. The molecular formula is C13H15N3O2. The molecule has 0 bridgehead atoms. The number of carboxylic acid groups (broad SMARTS) is 1. The maximum atomic E-state index is 11.2. The van der Waals surface area contributed by atoms with Crippen molar-refractivity contribution in [2.75, 3.05) is 18.0 Å². The average Bonchev–Trinajstić information content (AvgIpc) is 2.39. The Labute approximate surface area is 106 Å². The molecule has 0 radical (unpaired) electrons. The summed E-state index contributed by atoms with van der Waals surface area (Å²) in [4.78, 5) is 17.2. The predicted molar refractivity (Wildman–Crippen MR) is 66.1 cm³/mol. The molecule has 1 aromatic rings. The minimum absolute atomic E-state index is 0.399. The number of carbonyl (C=O) groups is 1. The summed E-state index contributed by atoms with van der Waals surface area (Å²) in [6.45, 7) is 3.06. The van der Waals surface area contributed by atoms with E-state index in [0.29, 0.717) is 31.6 Å². The maximum Gasteiger partial charge on any atom is 0.309 e. The monoisotopic (exact) mass is 245 g/mol. The fraction of sp³-hybridized carbons (Fsp3) is 0.462. The van der Waals surface area contributed by atoms with Gasteiger partial charge in [-0.1, -0.05) is 0 Å². The van der Waals surface area contributed by atoms with E-state index in [0.717, 1.165) is 5.69 Å². The molecule has 0 spiro atoms. The summed E-state index contributed by atoms with van der Waals surface area (Å²) in [6.07, 6.45) is 2.76. The van der Waals surface area contributed by atoms with Crippen LogP contribution in [0.3, 0.4) is 0 Å². The third kappa shape index (κ3) is 2.14. The van der Waals surface area contributed by atoms with Gasteiger partial charge in [0.15, 0.2) is 5.69 Å². The molecule has 1 aliphatic heterocycles. The maximum absolute atomic E-state index is 11.2. The molecular weight excluding hydrogens is 230 g/mol. The topological polar surface area (TPSA) is 77.2 Å². The third-order valence-electron chi connectivity index (χ3n) is 3.62. The van der Waals surface area contributed by atoms with Crippen molar-refractivity contribution >= 4 is 11.7 Å². The molecule has 0 amide bonds. The first kappa shape index (κ1) is 12.4. The number of aliphatic carboxylic acids is 1. The number of carboxylic acids is 1. The first-order valence-corrected chi connectivity index (χ1v) is 5.90. The lowest BCUT2D eigenvalue weighted by molar-refractivity contribution is -0.149. The van der Waals surface area contributed by atoms with E-state index in [-0.39, 0.29) is 0 Å². The van der Waals surface area contributed by atoms with E-state index in [4.69, 9.17) is 5.26 Å². The van der Waals surface area contributed by atoms with E-state index in [1.54, 1.807) is 19.2 Å². The van der Waals surface area contributed by atoms with Crippen LogP contribution in [0.4, 0.5) is 5.69 Å². The first-order valence-electron chi connectivity index (χ1n) is 5.90. The second kappa shape index (κ2) is 4.65. The van der Waals surface area contributed by atoms with Crippen LogP contribution in [-0.2, 0) is 4.79 Å². The quantitative estimate of drug-likeness (QED) is 0.857. The molecule has 94 valence electrons. The van der Waals surface area contributed by atoms with E-state index in [9.17, 15) is 9.90 Å². The molecule has 1 fully saturated rings. The van der Waals surface area contributed by atoms with Crippen LogP contribution >= 0.6 is 0 Å². The minimum atomic E-state index is -0.742. The van der Waals surface area contributed by atoms with Crippen LogP contribution in [0, 0.1) is 16.7 Å². The van der Waals surface area contributed by atoms with Gasteiger partial charge in [-0.15, -0.1) is 0 Å². The lowest BCUT2D eigenvalue weighted by Gasteiger charge is -2.37. The van der Waals surface area contributed by atoms with Crippen LogP contribution in [0.1, 0.15) is 25.5 Å². The van der Waals surface area contributed by atoms with Gasteiger partial charge in [0.05, 0.1) is 11.1 Å². The molecule has 0 atom stereocenters. The number of anilines is 1. The number of piperidine rings is 1. The van der Waals surface area contributed by atoms with Crippen LogP contribution < -0.4 is 4.90 Å². The second-order valence-electron chi connectivity index (χ2n) is 4.84. The van der Waals surface area contributed by atoms with Gasteiger partial charge in [0.25, 0.3) is 0 Å². The molecule has 2 rings (SSSR count). The van der Waals surface area contributed by atoms with Gasteiger partial charge in [0.2, 0.25) is 0 Å². The number of nitriles is 1. The average molecular weight is 245 g/mol. The van der Waals surface area contributed by atoms with Crippen molar-refractivity contribution in [3.05, 3.63) is 24.0 Å². The first-order chi connectivity index (χ1) is 8.57. The van der Waals surface area contributed by atoms with E-state index in [1.165, 1.54) is 0 Å². The van der Waals surface area contributed by atoms with Crippen molar-refractivity contribution in [3.63, 3.8) is 0 Å². The molecule has 0 unspecified atom stereocenters. The number of pyridine rings is 1. The molecule has 5 nitrogen and oxygen atoms in total. The van der Waals surface area contributed by atoms with Crippen LogP contribution in [0.2, 0.25) is 0 Å². The van der Waals surface area contributed by atoms with Gasteiger partial charge >= 0.3 is 5.97 Å². The highest BCUT2D eigenvalue weighted by Crippen LogP contribution is 2.33. The summed E-state index contributed by atoms with van der Waals surface area (Å²) in [5, 5.41) is 18.2. The zero-order valence-corrected chi connectivity index (χ0v) is 10.3. The fourth-order valence-electron chi connectivity index (χ4n) is 2.19. The van der Waals surface area contributed by atoms with E-state index in [2.05, 4.69) is 11.1 Å². The molecule has 18 heavy (non-hydrogen) atoms. The summed E-state index contributed by atoms with van der Waals surface area (Å²) < 4.78 is 0. The van der Waals surface area contributed by atoms with E-state index in [1.807, 2.05) is 11.0 Å². The molecule has 1 N–H and O–H groups in total. The smallest absolute Gasteiger partial charge is 0.309 e. The molecule has 1 aliphatic rings. The SMILES string of the molecule is CC1(C(=O)O)CCN(c2cccnc2C#N)CC1. The lowest BCUT2D eigenvalue weighted by Crippen LogP contribution is -2.43. The Kier molecular flexibility index (Phi) is 3.19. The van der Waals surface area contributed by atoms with Gasteiger partial charge in [-0.2, -0.15) is 5.26 Å². The molecule has 1 saturated heterocycles. The fourth-order valence-corrected chi connectivity index (χ4v) is 2.19. The summed E-state index contributed by atoms with van der Waals surface area (Å²) in [5.74, 6) is -0.742. The highest BCUT2D eigenvalue weighted by atomic mass is 16.4. The van der Waals surface area contributed by atoms with Gasteiger partial charge in [-0.3, -0.25) is 4.79 Å². The van der Waals surface area contributed by atoms with E-state index >= 15 is 0 Å². The van der Waals surface area contributed by atoms with Crippen molar-refractivity contribution in [1.82, 2.24) is 4.98 Å². The van der Waals surface area contributed by atoms with Crippen molar-refractivity contribution in [1.29, 1.82) is 5.26 Å². The second-order valence-corrected chi connectivity index (χ2v) is 4.84. The summed E-state index contributed by atoms with van der Waals surface area (Å²) >= 11 is 0. The Balaban J connectivity index is 2.15. The number of nitrogens with zero attached hydrogens (tertiary/aromatic N) is 3. The Morgan fingerprint density at radius 2 is 2.22 bits per heavy atom. The van der Waals surface area contributed by atoms with Crippen molar-refractivity contribution in [2.45, 2.75) is 19.8 Å². The largest absolute Gasteiger partial charge is 0.481 e. The molecule has 0 saturated carbocycles. The van der Waals surface area contributed by atoms with Crippen molar-refractivity contribution in [2.24, 2.45) is 5.41 Å². The van der Waals surface area contributed by atoms with Crippen LogP contribution in [-0.4, -0.2) is 29.1 Å². The van der Waals surface area contributed by atoms with Gasteiger partial charge in [-0.25, -0.2) is 4.98 Å². The Hall–Kier alpha value is -2.09. The molecule has 2 heterocycles. The lowest BCUT2D eigenvalue weighted by atomic mass is 9.80. The zero-order chi connectivity index (χ0) is 13.2. The highest BCUT2D eigenvalue weighted by molar-refractivity contribution is 5.74. The minimum Gasteiger partial charge on any atom is -0.481 e. The Morgan fingerprint density at radius 1 is 1.56 bits per heavy atom. The van der Waals surface area contributed by atoms with Crippen LogP contribution in [0.25, 0.3) is 0 Å². The molecule has 5 heteroatoms.